The van der Waals surface area contributed by atoms with Crippen molar-refractivity contribution in [3.63, 3.8) is 0 Å². The van der Waals surface area contributed by atoms with Crippen molar-refractivity contribution in [1.29, 1.82) is 0 Å². The highest BCUT2D eigenvalue weighted by Gasteiger charge is 2.48. The molecule has 0 saturated heterocycles. The van der Waals surface area contributed by atoms with Crippen LogP contribution in [0.25, 0.3) is 0 Å². The molecule has 8 heteroatoms. The van der Waals surface area contributed by atoms with Crippen LogP contribution in [0.2, 0.25) is 0 Å². The van der Waals surface area contributed by atoms with Gasteiger partial charge in [-0.2, -0.15) is 21.6 Å². The van der Waals surface area contributed by atoms with Gasteiger partial charge < -0.3 is 4.18 Å². The minimum atomic E-state index is -5.58. The van der Waals surface area contributed by atoms with Gasteiger partial charge in [-0.3, -0.25) is 4.39 Å². The van der Waals surface area contributed by atoms with Gasteiger partial charge in [-0.05, 0) is 24.8 Å². The van der Waals surface area contributed by atoms with Gasteiger partial charge in [0.05, 0.1) is 6.67 Å². The van der Waals surface area contributed by atoms with Crippen LogP contribution in [0.5, 0.6) is 0 Å². The van der Waals surface area contributed by atoms with Gasteiger partial charge in [0.2, 0.25) is 0 Å². The van der Waals surface area contributed by atoms with E-state index in [0.717, 1.165) is 0 Å². The number of hydrogen-bond donors (Lipinski definition) is 0. The molecule has 0 aliphatic heterocycles. The van der Waals surface area contributed by atoms with E-state index < -0.39 is 22.3 Å². The first-order chi connectivity index (χ1) is 7.26. The van der Waals surface area contributed by atoms with Crippen LogP contribution in [0.1, 0.15) is 19.3 Å². The van der Waals surface area contributed by atoms with Crippen molar-refractivity contribution < 1.29 is 30.2 Å². The fraction of sp³-hybridized carbons (Fsp3) is 0.750. The molecule has 0 radical (unpaired) electrons. The zero-order valence-corrected chi connectivity index (χ0v) is 8.94. The third kappa shape index (κ3) is 3.10. The lowest BCUT2D eigenvalue weighted by Gasteiger charge is -2.19. The van der Waals surface area contributed by atoms with Crippen LogP contribution in [0.3, 0.4) is 0 Å². The van der Waals surface area contributed by atoms with Crippen LogP contribution in [-0.2, 0) is 14.3 Å². The van der Waals surface area contributed by atoms with Crippen LogP contribution in [0, 0.1) is 5.92 Å². The maximum Gasteiger partial charge on any atom is 0.534 e. The van der Waals surface area contributed by atoms with Gasteiger partial charge in [0.25, 0.3) is 0 Å². The van der Waals surface area contributed by atoms with Gasteiger partial charge in [0.15, 0.2) is 0 Å². The van der Waals surface area contributed by atoms with Crippen molar-refractivity contribution in [2.45, 2.75) is 24.8 Å². The van der Waals surface area contributed by atoms with E-state index in [4.69, 9.17) is 0 Å². The molecule has 1 atom stereocenters. The Morgan fingerprint density at radius 3 is 2.44 bits per heavy atom. The molecule has 0 aromatic heterocycles. The minimum absolute atomic E-state index is 0.00387. The predicted octanol–water partition coefficient (Wildman–Crippen LogP) is 2.51. The van der Waals surface area contributed by atoms with E-state index in [1.165, 1.54) is 6.08 Å². The second-order valence-electron chi connectivity index (χ2n) is 3.45. The highest BCUT2D eigenvalue weighted by atomic mass is 32.2. The molecule has 0 bridgehead atoms. The Bertz CT molecular complexity index is 371. The molecule has 3 nitrogen and oxygen atoms in total. The first-order valence-corrected chi connectivity index (χ1v) is 5.93. The van der Waals surface area contributed by atoms with Crippen molar-refractivity contribution in [3.05, 3.63) is 11.8 Å². The molecular weight excluding hydrogens is 252 g/mol. The van der Waals surface area contributed by atoms with Gasteiger partial charge in [0.1, 0.15) is 5.76 Å². The second-order valence-corrected chi connectivity index (χ2v) is 4.99. The van der Waals surface area contributed by atoms with Crippen LogP contribution < -0.4 is 0 Å². The maximum absolute atomic E-state index is 12.2. The highest BCUT2D eigenvalue weighted by molar-refractivity contribution is 7.87. The molecule has 0 spiro atoms. The molecule has 94 valence electrons. The molecular formula is C8H10F4O3S. The van der Waals surface area contributed by atoms with Gasteiger partial charge in [-0.25, -0.2) is 0 Å². The largest absolute Gasteiger partial charge is 0.534 e. The lowest BCUT2D eigenvalue weighted by molar-refractivity contribution is -0.0524. The average Bonchev–Trinajstić information content (AvgIpc) is 2.16. The third-order valence-electron chi connectivity index (χ3n) is 2.20. The summed E-state index contributed by atoms with van der Waals surface area (Å²) >= 11 is 0. The number of hydrogen-bond acceptors (Lipinski definition) is 3. The predicted molar refractivity (Wildman–Crippen MR) is 47.5 cm³/mol. The van der Waals surface area contributed by atoms with Crippen molar-refractivity contribution in [3.8, 4) is 0 Å². The summed E-state index contributed by atoms with van der Waals surface area (Å²) in [6, 6.07) is 0. The molecule has 0 fully saturated rings. The van der Waals surface area contributed by atoms with Gasteiger partial charge in [0, 0.05) is 6.42 Å². The molecule has 1 rings (SSSR count). The number of alkyl halides is 4. The smallest absolute Gasteiger partial charge is 0.381 e. The van der Waals surface area contributed by atoms with E-state index in [1.54, 1.807) is 0 Å². The van der Waals surface area contributed by atoms with Crippen molar-refractivity contribution in [2.24, 2.45) is 5.92 Å². The Morgan fingerprint density at radius 1 is 1.44 bits per heavy atom. The topological polar surface area (TPSA) is 43.4 Å². The Balaban J connectivity index is 2.67. The summed E-state index contributed by atoms with van der Waals surface area (Å²) in [5.74, 6) is -0.525. The summed E-state index contributed by atoms with van der Waals surface area (Å²) in [5, 5.41) is 0. The summed E-state index contributed by atoms with van der Waals surface area (Å²) in [6.45, 7) is -0.574. The first kappa shape index (κ1) is 13.3. The van der Waals surface area contributed by atoms with Crippen LogP contribution >= 0.6 is 0 Å². The standard InChI is InChI=1S/C8H10F4O3S/c9-5-6-1-3-7(4-2-6)15-16(13,14)8(10,11)12/h3,6H,1-2,4-5H2. The monoisotopic (exact) mass is 262 g/mol. The quantitative estimate of drug-likeness (QED) is 0.446. The molecule has 0 amide bonds. The number of halogens is 4. The second kappa shape index (κ2) is 4.60. The van der Waals surface area contributed by atoms with E-state index in [2.05, 4.69) is 4.18 Å². The normalized spacial score (nSPS) is 22.8. The molecule has 0 saturated carbocycles. The fourth-order valence-corrected chi connectivity index (χ4v) is 1.80. The maximum atomic E-state index is 12.2. The third-order valence-corrected chi connectivity index (χ3v) is 3.20. The zero-order valence-electron chi connectivity index (χ0n) is 8.13. The number of rotatable bonds is 3. The molecule has 16 heavy (non-hydrogen) atoms. The summed E-state index contributed by atoms with van der Waals surface area (Å²) in [4.78, 5) is 0. The highest BCUT2D eigenvalue weighted by Crippen LogP contribution is 2.31. The van der Waals surface area contributed by atoms with E-state index >= 15 is 0 Å². The summed E-state index contributed by atoms with van der Waals surface area (Å²) < 4.78 is 73.1. The summed E-state index contributed by atoms with van der Waals surface area (Å²) in [7, 11) is -5.58. The van der Waals surface area contributed by atoms with Crippen LogP contribution in [-0.4, -0.2) is 20.6 Å². The van der Waals surface area contributed by atoms with Crippen molar-refractivity contribution >= 4 is 10.1 Å². The van der Waals surface area contributed by atoms with Gasteiger partial charge >= 0.3 is 15.6 Å². The van der Waals surface area contributed by atoms with Crippen molar-refractivity contribution in [1.82, 2.24) is 0 Å². The van der Waals surface area contributed by atoms with E-state index in [1.807, 2.05) is 0 Å². The van der Waals surface area contributed by atoms with Crippen LogP contribution in [0.4, 0.5) is 17.6 Å². The van der Waals surface area contributed by atoms with Crippen molar-refractivity contribution in [2.75, 3.05) is 6.67 Å². The number of allylic oxidation sites excluding steroid dienone is 2. The van der Waals surface area contributed by atoms with Gasteiger partial charge in [-0.1, -0.05) is 0 Å². The molecule has 1 aliphatic rings. The average molecular weight is 262 g/mol. The lowest BCUT2D eigenvalue weighted by Crippen LogP contribution is -2.26. The minimum Gasteiger partial charge on any atom is -0.381 e. The Kier molecular flexibility index (Phi) is 3.82. The molecule has 0 N–H and O–H groups in total. The van der Waals surface area contributed by atoms with Crippen LogP contribution in [0.15, 0.2) is 11.8 Å². The van der Waals surface area contributed by atoms with E-state index in [-0.39, 0.29) is 30.9 Å². The lowest BCUT2D eigenvalue weighted by atomic mass is 9.95. The summed E-state index contributed by atoms with van der Waals surface area (Å²) in [6.07, 6.45) is 1.68. The van der Waals surface area contributed by atoms with E-state index in [9.17, 15) is 26.0 Å². The van der Waals surface area contributed by atoms with Gasteiger partial charge in [-0.15, -0.1) is 0 Å². The molecule has 1 unspecified atom stereocenters. The fourth-order valence-electron chi connectivity index (χ4n) is 1.27. The van der Waals surface area contributed by atoms with E-state index in [0.29, 0.717) is 0 Å². The Hall–Kier alpha value is -0.790. The first-order valence-electron chi connectivity index (χ1n) is 4.52. The summed E-state index contributed by atoms with van der Waals surface area (Å²) in [5.41, 5.74) is -5.43. The Morgan fingerprint density at radius 2 is 2.06 bits per heavy atom. The Labute approximate surface area is 90.2 Å². The molecule has 1 aliphatic carbocycles. The molecule has 0 heterocycles. The molecule has 0 aromatic rings. The zero-order chi connectivity index (χ0) is 12.4. The molecule has 0 aromatic carbocycles. The SMILES string of the molecule is O=S(=O)(OC1=CCC(CF)CC1)C(F)(F)F.